The highest BCUT2D eigenvalue weighted by Gasteiger charge is 2.35. The van der Waals surface area contributed by atoms with Gasteiger partial charge in [-0.25, -0.2) is 0 Å². The van der Waals surface area contributed by atoms with Crippen LogP contribution in [0.2, 0.25) is 0 Å². The molecule has 3 rings (SSSR count). The molecule has 1 aromatic rings. The van der Waals surface area contributed by atoms with Crippen molar-refractivity contribution in [1.82, 2.24) is 10.6 Å². The first-order valence-corrected chi connectivity index (χ1v) is 8.63. The molecule has 0 radical (unpaired) electrons. The molecule has 0 aromatic heterocycles. The molecular formula is C18H28Cl2F2N2O. The summed E-state index contributed by atoms with van der Waals surface area (Å²) in [5.41, 5.74) is 1.57. The third kappa shape index (κ3) is 6.55. The lowest BCUT2D eigenvalue weighted by Gasteiger charge is -2.43. The summed E-state index contributed by atoms with van der Waals surface area (Å²) in [5.74, 6) is 0.233. The fourth-order valence-electron chi connectivity index (χ4n) is 3.99. The fourth-order valence-corrected chi connectivity index (χ4v) is 3.99. The molecule has 1 aliphatic carbocycles. The summed E-state index contributed by atoms with van der Waals surface area (Å²) in [7, 11) is 0. The van der Waals surface area contributed by atoms with Crippen molar-refractivity contribution in [2.75, 3.05) is 13.1 Å². The summed E-state index contributed by atoms with van der Waals surface area (Å²) in [4.78, 5) is 0. The molecule has 1 saturated heterocycles. The second kappa shape index (κ2) is 10.5. The summed E-state index contributed by atoms with van der Waals surface area (Å²) in [6.07, 6.45) is 7.67. The summed E-state index contributed by atoms with van der Waals surface area (Å²) >= 11 is 0. The van der Waals surface area contributed by atoms with Crippen molar-refractivity contribution in [3.8, 4) is 5.75 Å². The van der Waals surface area contributed by atoms with Crippen LogP contribution in [-0.2, 0) is 6.54 Å². The van der Waals surface area contributed by atoms with E-state index in [1.165, 1.54) is 38.5 Å². The molecule has 1 aromatic carbocycles. The molecule has 1 saturated carbocycles. The van der Waals surface area contributed by atoms with Crippen molar-refractivity contribution >= 4 is 24.8 Å². The SMILES string of the molecule is Cl.Cl.FC(F)Oc1cccc(CNC2CCC3(CCNCC3)CC2)c1. The minimum Gasteiger partial charge on any atom is -0.435 e. The highest BCUT2D eigenvalue weighted by molar-refractivity contribution is 5.85. The largest absolute Gasteiger partial charge is 0.435 e. The van der Waals surface area contributed by atoms with Crippen LogP contribution in [0.1, 0.15) is 44.1 Å². The maximum absolute atomic E-state index is 12.3. The van der Waals surface area contributed by atoms with E-state index in [9.17, 15) is 8.78 Å². The Morgan fingerprint density at radius 3 is 2.44 bits per heavy atom. The zero-order valence-electron chi connectivity index (χ0n) is 14.3. The molecule has 2 aliphatic rings. The van der Waals surface area contributed by atoms with E-state index < -0.39 is 6.61 Å². The Kier molecular flexibility index (Phi) is 9.43. The average Bonchev–Trinajstić information content (AvgIpc) is 2.55. The van der Waals surface area contributed by atoms with E-state index in [4.69, 9.17) is 0 Å². The van der Waals surface area contributed by atoms with Crippen molar-refractivity contribution in [3.63, 3.8) is 0 Å². The molecule has 0 atom stereocenters. The number of alkyl halides is 2. The molecule has 0 amide bonds. The standard InChI is InChI=1S/C18H26F2N2O.2ClH/c19-17(20)23-16-3-1-2-14(12-16)13-22-15-4-6-18(7-5-15)8-10-21-11-9-18;;/h1-3,12,15,17,21-22H,4-11,13H2;2*1H. The van der Waals surface area contributed by atoms with Gasteiger partial charge in [0.05, 0.1) is 0 Å². The predicted octanol–water partition coefficient (Wildman–Crippen LogP) is 4.53. The average molecular weight is 397 g/mol. The van der Waals surface area contributed by atoms with Crippen LogP contribution in [0.4, 0.5) is 8.78 Å². The van der Waals surface area contributed by atoms with Crippen LogP contribution in [0.5, 0.6) is 5.75 Å². The molecule has 1 aliphatic heterocycles. The van der Waals surface area contributed by atoms with E-state index >= 15 is 0 Å². The van der Waals surface area contributed by atoms with Gasteiger partial charge in [-0.1, -0.05) is 12.1 Å². The number of benzene rings is 1. The van der Waals surface area contributed by atoms with Gasteiger partial charge < -0.3 is 15.4 Å². The van der Waals surface area contributed by atoms with E-state index in [2.05, 4.69) is 15.4 Å². The van der Waals surface area contributed by atoms with Gasteiger partial charge in [-0.15, -0.1) is 24.8 Å². The van der Waals surface area contributed by atoms with Crippen molar-refractivity contribution in [1.29, 1.82) is 0 Å². The monoisotopic (exact) mass is 396 g/mol. The molecular weight excluding hydrogens is 369 g/mol. The first kappa shape index (κ1) is 22.4. The Labute approximate surface area is 161 Å². The first-order chi connectivity index (χ1) is 11.2. The molecule has 2 fully saturated rings. The van der Waals surface area contributed by atoms with Gasteiger partial charge in [0.15, 0.2) is 0 Å². The molecule has 25 heavy (non-hydrogen) atoms. The predicted molar refractivity (Wildman–Crippen MR) is 101 cm³/mol. The zero-order chi connectivity index (χ0) is 16.1. The Balaban J connectivity index is 0.00000156. The zero-order valence-corrected chi connectivity index (χ0v) is 15.9. The second-order valence-corrected chi connectivity index (χ2v) is 6.93. The smallest absolute Gasteiger partial charge is 0.387 e. The van der Waals surface area contributed by atoms with Gasteiger partial charge in [-0.2, -0.15) is 8.78 Å². The number of nitrogens with one attached hydrogen (secondary N) is 2. The number of hydrogen-bond donors (Lipinski definition) is 2. The molecule has 0 unspecified atom stereocenters. The number of halogens is 4. The summed E-state index contributed by atoms with van der Waals surface area (Å²) < 4.78 is 29.0. The van der Waals surface area contributed by atoms with E-state index in [1.54, 1.807) is 18.2 Å². The minimum absolute atomic E-state index is 0. The highest BCUT2D eigenvalue weighted by atomic mass is 35.5. The number of piperidine rings is 1. The lowest BCUT2D eigenvalue weighted by molar-refractivity contribution is -0.0498. The van der Waals surface area contributed by atoms with Crippen molar-refractivity contribution < 1.29 is 13.5 Å². The van der Waals surface area contributed by atoms with Gasteiger partial charge in [0.1, 0.15) is 5.75 Å². The molecule has 0 bridgehead atoms. The van der Waals surface area contributed by atoms with Crippen LogP contribution in [-0.4, -0.2) is 25.7 Å². The summed E-state index contributed by atoms with van der Waals surface area (Å²) in [6.45, 7) is 0.265. The fraction of sp³-hybridized carbons (Fsp3) is 0.667. The number of rotatable bonds is 5. The number of hydrogen-bond acceptors (Lipinski definition) is 3. The van der Waals surface area contributed by atoms with Gasteiger partial charge in [0, 0.05) is 12.6 Å². The lowest BCUT2D eigenvalue weighted by Crippen LogP contribution is -2.42. The van der Waals surface area contributed by atoms with E-state index in [0.29, 0.717) is 18.0 Å². The minimum atomic E-state index is -2.77. The van der Waals surface area contributed by atoms with E-state index in [0.717, 1.165) is 18.7 Å². The van der Waals surface area contributed by atoms with Crippen LogP contribution in [0.25, 0.3) is 0 Å². The molecule has 1 heterocycles. The number of ether oxygens (including phenoxy) is 1. The maximum Gasteiger partial charge on any atom is 0.387 e. The van der Waals surface area contributed by atoms with Crippen LogP contribution in [0.3, 0.4) is 0 Å². The molecule has 3 nitrogen and oxygen atoms in total. The Hall–Kier alpha value is -0.620. The van der Waals surface area contributed by atoms with E-state index in [-0.39, 0.29) is 30.6 Å². The van der Waals surface area contributed by atoms with Crippen LogP contribution < -0.4 is 15.4 Å². The van der Waals surface area contributed by atoms with Gasteiger partial charge in [0.25, 0.3) is 0 Å². The summed E-state index contributed by atoms with van der Waals surface area (Å²) in [6, 6.07) is 7.50. The Bertz CT molecular complexity index is 504. The van der Waals surface area contributed by atoms with Gasteiger partial charge in [0.2, 0.25) is 0 Å². The second-order valence-electron chi connectivity index (χ2n) is 6.93. The Morgan fingerprint density at radius 2 is 1.80 bits per heavy atom. The normalized spacial score (nSPS) is 20.0. The van der Waals surface area contributed by atoms with Crippen molar-refractivity contribution in [2.45, 2.75) is 57.7 Å². The lowest BCUT2D eigenvalue weighted by atomic mass is 9.67. The topological polar surface area (TPSA) is 33.3 Å². The van der Waals surface area contributed by atoms with Crippen LogP contribution in [0, 0.1) is 5.41 Å². The van der Waals surface area contributed by atoms with Crippen LogP contribution >= 0.6 is 24.8 Å². The molecule has 1 spiro atoms. The van der Waals surface area contributed by atoms with Gasteiger partial charge in [-0.05, 0) is 74.7 Å². The first-order valence-electron chi connectivity index (χ1n) is 8.63. The Morgan fingerprint density at radius 1 is 1.12 bits per heavy atom. The van der Waals surface area contributed by atoms with Gasteiger partial charge >= 0.3 is 6.61 Å². The third-order valence-corrected chi connectivity index (χ3v) is 5.43. The van der Waals surface area contributed by atoms with Crippen molar-refractivity contribution in [3.05, 3.63) is 29.8 Å². The van der Waals surface area contributed by atoms with Crippen LogP contribution in [0.15, 0.2) is 24.3 Å². The molecule has 144 valence electrons. The summed E-state index contributed by atoms with van der Waals surface area (Å²) in [5, 5.41) is 7.03. The maximum atomic E-state index is 12.3. The van der Waals surface area contributed by atoms with Gasteiger partial charge in [-0.3, -0.25) is 0 Å². The highest BCUT2D eigenvalue weighted by Crippen LogP contribution is 2.43. The van der Waals surface area contributed by atoms with E-state index in [1.807, 2.05) is 6.07 Å². The third-order valence-electron chi connectivity index (χ3n) is 5.43. The molecule has 2 N–H and O–H groups in total. The molecule has 7 heteroatoms. The van der Waals surface area contributed by atoms with Crippen molar-refractivity contribution in [2.24, 2.45) is 5.41 Å². The quantitative estimate of drug-likeness (QED) is 0.766.